The van der Waals surface area contributed by atoms with Crippen LogP contribution >= 0.6 is 0 Å². The van der Waals surface area contributed by atoms with E-state index >= 15 is 0 Å². The minimum absolute atomic E-state index is 0.0308. The largest absolute Gasteiger partial charge is 0.367 e. The molecule has 2 aromatic carbocycles. The van der Waals surface area contributed by atoms with E-state index in [1.165, 1.54) is 0 Å². The summed E-state index contributed by atoms with van der Waals surface area (Å²) in [6.45, 7) is 6.35. The molecule has 0 aliphatic heterocycles. The summed E-state index contributed by atoms with van der Waals surface area (Å²) in [5.41, 5.74) is 3.03. The molecule has 1 aromatic heterocycles. The Morgan fingerprint density at radius 3 is 2.64 bits per heavy atom. The zero-order valence-electron chi connectivity index (χ0n) is 16.4. The molecular weight excluding hydrogens is 354 g/mol. The maximum absolute atomic E-state index is 12.3. The third-order valence-electron chi connectivity index (χ3n) is 4.31. The molecule has 28 heavy (non-hydrogen) atoms. The van der Waals surface area contributed by atoms with Gasteiger partial charge in [0.2, 0.25) is 17.6 Å². The highest BCUT2D eigenvalue weighted by molar-refractivity contribution is 5.77. The molecule has 0 saturated carbocycles. The third kappa shape index (κ3) is 5.27. The lowest BCUT2D eigenvalue weighted by atomic mass is 10.0. The SMILES string of the molecule is Cc1cccc(-c2noc([C@H](NC(=O)COCc3ccccc3)C(C)C)n2)c1. The Labute approximate surface area is 164 Å². The fourth-order valence-corrected chi connectivity index (χ4v) is 2.83. The third-order valence-corrected chi connectivity index (χ3v) is 4.31. The topological polar surface area (TPSA) is 77.2 Å². The van der Waals surface area contributed by atoms with E-state index in [1.54, 1.807) is 0 Å². The minimum Gasteiger partial charge on any atom is -0.367 e. The van der Waals surface area contributed by atoms with Crippen LogP contribution in [0.5, 0.6) is 0 Å². The van der Waals surface area contributed by atoms with Gasteiger partial charge in [-0.25, -0.2) is 0 Å². The quantitative estimate of drug-likeness (QED) is 0.638. The van der Waals surface area contributed by atoms with Crippen molar-refractivity contribution >= 4 is 5.91 Å². The predicted octanol–water partition coefficient (Wildman–Crippen LogP) is 4.08. The van der Waals surface area contributed by atoms with Crippen LogP contribution in [0.2, 0.25) is 0 Å². The van der Waals surface area contributed by atoms with Crippen LogP contribution in [0.1, 0.15) is 36.9 Å². The van der Waals surface area contributed by atoms with Gasteiger partial charge in [-0.15, -0.1) is 0 Å². The number of hydrogen-bond acceptors (Lipinski definition) is 5. The van der Waals surface area contributed by atoms with Crippen molar-refractivity contribution in [3.8, 4) is 11.4 Å². The average Bonchev–Trinajstić information content (AvgIpc) is 3.16. The van der Waals surface area contributed by atoms with E-state index in [9.17, 15) is 4.79 Å². The molecular formula is C22H25N3O3. The van der Waals surface area contributed by atoms with Gasteiger partial charge in [-0.1, -0.05) is 73.1 Å². The predicted molar refractivity (Wildman–Crippen MR) is 106 cm³/mol. The summed E-state index contributed by atoms with van der Waals surface area (Å²) in [6, 6.07) is 17.3. The first-order chi connectivity index (χ1) is 13.5. The summed E-state index contributed by atoms with van der Waals surface area (Å²) in [6.07, 6.45) is 0. The molecule has 0 radical (unpaired) electrons. The molecule has 1 atom stereocenters. The van der Waals surface area contributed by atoms with Crippen molar-refractivity contribution in [2.75, 3.05) is 6.61 Å². The smallest absolute Gasteiger partial charge is 0.249 e. The molecule has 0 unspecified atom stereocenters. The van der Waals surface area contributed by atoms with Crippen LogP contribution in [-0.2, 0) is 16.1 Å². The number of aryl methyl sites for hydroxylation is 1. The van der Waals surface area contributed by atoms with Crippen molar-refractivity contribution in [1.29, 1.82) is 0 Å². The molecule has 1 amide bonds. The second-order valence-corrected chi connectivity index (χ2v) is 7.09. The van der Waals surface area contributed by atoms with Gasteiger partial charge in [0.1, 0.15) is 12.6 Å². The van der Waals surface area contributed by atoms with Gasteiger partial charge in [-0.3, -0.25) is 4.79 Å². The molecule has 3 rings (SSSR count). The zero-order chi connectivity index (χ0) is 19.9. The van der Waals surface area contributed by atoms with E-state index in [1.807, 2.05) is 75.4 Å². The maximum atomic E-state index is 12.3. The molecule has 146 valence electrons. The van der Waals surface area contributed by atoms with Crippen LogP contribution in [-0.4, -0.2) is 22.7 Å². The van der Waals surface area contributed by atoms with Gasteiger partial charge in [0.05, 0.1) is 6.61 Å². The number of nitrogens with zero attached hydrogens (tertiary/aromatic N) is 2. The first kappa shape index (κ1) is 19.8. The number of amides is 1. The molecule has 1 heterocycles. The number of benzene rings is 2. The highest BCUT2D eigenvalue weighted by atomic mass is 16.5. The van der Waals surface area contributed by atoms with Crippen molar-refractivity contribution in [2.45, 2.75) is 33.4 Å². The molecule has 0 bridgehead atoms. The Kier molecular flexibility index (Phi) is 6.55. The zero-order valence-corrected chi connectivity index (χ0v) is 16.4. The number of carbonyl (C=O) groups excluding carboxylic acids is 1. The summed E-state index contributed by atoms with van der Waals surface area (Å²) in [5, 5.41) is 7.01. The normalized spacial score (nSPS) is 12.1. The van der Waals surface area contributed by atoms with E-state index < -0.39 is 0 Å². The average molecular weight is 379 g/mol. The summed E-state index contributed by atoms with van der Waals surface area (Å²) in [5.74, 6) is 0.774. The molecule has 0 aliphatic carbocycles. The fraction of sp³-hybridized carbons (Fsp3) is 0.318. The molecule has 0 aliphatic rings. The van der Waals surface area contributed by atoms with Gasteiger partial charge in [0, 0.05) is 5.56 Å². The summed E-state index contributed by atoms with van der Waals surface area (Å²) >= 11 is 0. The first-order valence-corrected chi connectivity index (χ1v) is 9.34. The van der Waals surface area contributed by atoms with E-state index in [0.717, 1.165) is 16.7 Å². The van der Waals surface area contributed by atoms with Gasteiger partial charge >= 0.3 is 0 Å². The van der Waals surface area contributed by atoms with Crippen LogP contribution < -0.4 is 5.32 Å². The van der Waals surface area contributed by atoms with E-state index in [0.29, 0.717) is 18.3 Å². The van der Waals surface area contributed by atoms with Gasteiger partial charge < -0.3 is 14.6 Å². The van der Waals surface area contributed by atoms with Crippen LogP contribution in [0, 0.1) is 12.8 Å². The van der Waals surface area contributed by atoms with Crippen molar-refractivity contribution in [3.63, 3.8) is 0 Å². The van der Waals surface area contributed by atoms with Crippen LogP contribution in [0.4, 0.5) is 0 Å². The van der Waals surface area contributed by atoms with Crippen LogP contribution in [0.25, 0.3) is 11.4 Å². The molecule has 0 spiro atoms. The van der Waals surface area contributed by atoms with E-state index in [2.05, 4.69) is 15.5 Å². The molecule has 6 nitrogen and oxygen atoms in total. The summed E-state index contributed by atoms with van der Waals surface area (Å²) in [7, 11) is 0. The second-order valence-electron chi connectivity index (χ2n) is 7.09. The monoisotopic (exact) mass is 379 g/mol. The number of carbonyl (C=O) groups is 1. The lowest BCUT2D eigenvalue weighted by molar-refractivity contribution is -0.127. The van der Waals surface area contributed by atoms with Gasteiger partial charge in [-0.2, -0.15) is 4.98 Å². The highest BCUT2D eigenvalue weighted by Crippen LogP contribution is 2.24. The Bertz CT molecular complexity index is 906. The lowest BCUT2D eigenvalue weighted by Crippen LogP contribution is -2.34. The Balaban J connectivity index is 1.61. The summed E-state index contributed by atoms with van der Waals surface area (Å²) < 4.78 is 10.9. The molecule has 0 fully saturated rings. The number of hydrogen-bond donors (Lipinski definition) is 1. The molecule has 0 saturated heterocycles. The van der Waals surface area contributed by atoms with Crippen molar-refractivity contribution in [1.82, 2.24) is 15.5 Å². The number of nitrogens with one attached hydrogen (secondary N) is 1. The molecule has 3 aromatic rings. The van der Waals surface area contributed by atoms with Gasteiger partial charge in [0.15, 0.2) is 0 Å². The number of ether oxygens (including phenoxy) is 1. The van der Waals surface area contributed by atoms with E-state index in [4.69, 9.17) is 9.26 Å². The lowest BCUT2D eigenvalue weighted by Gasteiger charge is -2.18. The van der Waals surface area contributed by atoms with Crippen LogP contribution in [0.3, 0.4) is 0 Å². The van der Waals surface area contributed by atoms with Crippen LogP contribution in [0.15, 0.2) is 59.1 Å². The second kappa shape index (κ2) is 9.28. The van der Waals surface area contributed by atoms with E-state index in [-0.39, 0.29) is 24.5 Å². The number of aromatic nitrogens is 2. The standard InChI is InChI=1S/C22H25N3O3/c1-15(2)20(23-19(26)14-27-13-17-9-5-4-6-10-17)22-24-21(25-28-22)18-11-7-8-16(3)12-18/h4-12,15,20H,13-14H2,1-3H3,(H,23,26)/t20-/m1/s1. The van der Waals surface area contributed by atoms with Gasteiger partial charge in [0.25, 0.3) is 0 Å². The van der Waals surface area contributed by atoms with Crippen molar-refractivity contribution in [3.05, 3.63) is 71.6 Å². The number of rotatable bonds is 8. The molecule has 6 heteroatoms. The minimum atomic E-state index is -0.376. The van der Waals surface area contributed by atoms with Crippen molar-refractivity contribution < 1.29 is 14.1 Å². The Morgan fingerprint density at radius 1 is 1.14 bits per heavy atom. The fourth-order valence-electron chi connectivity index (χ4n) is 2.83. The summed E-state index contributed by atoms with van der Waals surface area (Å²) in [4.78, 5) is 16.8. The van der Waals surface area contributed by atoms with Gasteiger partial charge in [-0.05, 0) is 24.5 Å². The maximum Gasteiger partial charge on any atom is 0.249 e. The first-order valence-electron chi connectivity index (χ1n) is 9.34. The Hall–Kier alpha value is -2.99. The Morgan fingerprint density at radius 2 is 1.93 bits per heavy atom. The van der Waals surface area contributed by atoms with Crippen molar-refractivity contribution in [2.24, 2.45) is 5.92 Å². The molecule has 1 N–H and O–H groups in total. The highest BCUT2D eigenvalue weighted by Gasteiger charge is 2.25.